The number of rotatable bonds is 1. The fourth-order valence-electron chi connectivity index (χ4n) is 2.21. The average Bonchev–Trinajstić information content (AvgIpc) is 2.76. The number of benzene rings is 1. The Morgan fingerprint density at radius 2 is 1.95 bits per heavy atom. The van der Waals surface area contributed by atoms with Crippen molar-refractivity contribution >= 4 is 22.4 Å². The van der Waals surface area contributed by atoms with Crippen LogP contribution in [0.1, 0.15) is 13.8 Å². The van der Waals surface area contributed by atoms with Gasteiger partial charge in [0, 0.05) is 0 Å². The largest absolute Gasteiger partial charge is 0.480 e. The van der Waals surface area contributed by atoms with Crippen molar-refractivity contribution in [1.29, 1.82) is 0 Å². The van der Waals surface area contributed by atoms with E-state index in [1.54, 1.807) is 0 Å². The fraction of sp³-hybridized carbons (Fsp3) is 0.214. The third-order valence-electron chi connectivity index (χ3n) is 3.07. The summed E-state index contributed by atoms with van der Waals surface area (Å²) < 4.78 is 6.73. The molecule has 3 rings (SSSR count). The van der Waals surface area contributed by atoms with E-state index in [-0.39, 0.29) is 5.56 Å². The highest BCUT2D eigenvalue weighted by atomic mass is 16.5. The normalized spacial score (nSPS) is 11.1. The second kappa shape index (κ2) is 4.05. The average molecular weight is 255 g/mol. The number of ether oxygens (including phenoxy) is 1. The summed E-state index contributed by atoms with van der Waals surface area (Å²) >= 11 is 0. The molecule has 0 saturated heterocycles. The van der Waals surface area contributed by atoms with E-state index in [0.717, 1.165) is 16.6 Å². The van der Waals surface area contributed by atoms with Gasteiger partial charge in [-0.1, -0.05) is 17.7 Å². The number of fused-ring (bicyclic) bond motifs is 3. The summed E-state index contributed by atoms with van der Waals surface area (Å²) in [4.78, 5) is 21.3. The first-order chi connectivity index (χ1) is 9.13. The Balaban J connectivity index is 2.66. The molecule has 0 aliphatic carbocycles. The zero-order valence-corrected chi connectivity index (χ0v) is 11.0. The maximum Gasteiger partial charge on any atom is 0.270 e. The molecule has 0 aliphatic rings. The zero-order chi connectivity index (χ0) is 13.6. The van der Waals surface area contributed by atoms with Crippen molar-refractivity contribution in [2.24, 2.45) is 0 Å². The Bertz CT molecular complexity index is 892. The van der Waals surface area contributed by atoms with Gasteiger partial charge in [-0.15, -0.1) is 0 Å². The third-order valence-corrected chi connectivity index (χ3v) is 3.07. The van der Waals surface area contributed by atoms with Gasteiger partial charge >= 0.3 is 0 Å². The summed E-state index contributed by atoms with van der Waals surface area (Å²) in [5.41, 5.74) is 2.24. The van der Waals surface area contributed by atoms with Gasteiger partial charge in [0.1, 0.15) is 5.22 Å². The summed E-state index contributed by atoms with van der Waals surface area (Å²) in [6.45, 7) is 3.73. The van der Waals surface area contributed by atoms with Crippen molar-refractivity contribution in [2.75, 3.05) is 7.11 Å². The van der Waals surface area contributed by atoms with Crippen LogP contribution in [-0.2, 0) is 0 Å². The molecule has 0 aliphatic heterocycles. The van der Waals surface area contributed by atoms with Crippen LogP contribution >= 0.6 is 0 Å². The summed E-state index contributed by atoms with van der Waals surface area (Å²) in [5, 5.41) is 0.498. The Morgan fingerprint density at radius 3 is 2.63 bits per heavy atom. The van der Waals surface area contributed by atoms with Gasteiger partial charge in [0.05, 0.1) is 18.1 Å². The summed E-state index contributed by atoms with van der Waals surface area (Å²) in [5.74, 6) is 0.695. The van der Waals surface area contributed by atoms with Crippen molar-refractivity contribution in [2.45, 2.75) is 13.8 Å². The van der Waals surface area contributed by atoms with Crippen LogP contribution in [0.3, 0.4) is 0 Å². The molecule has 5 heteroatoms. The van der Waals surface area contributed by atoms with Gasteiger partial charge in [-0.3, -0.25) is 4.79 Å². The van der Waals surface area contributed by atoms with Gasteiger partial charge in [-0.05, 0) is 26.0 Å². The monoisotopic (exact) mass is 255 g/mol. The van der Waals surface area contributed by atoms with E-state index in [9.17, 15) is 4.79 Å². The molecule has 96 valence electrons. The van der Waals surface area contributed by atoms with Crippen LogP contribution in [0.5, 0.6) is 5.88 Å². The SMILES string of the molecule is COc1nc2nc3ccccc3n2c(=O)c1=C(C)C. The topological polar surface area (TPSA) is 56.5 Å². The number of hydrogen-bond donors (Lipinski definition) is 0. The predicted molar refractivity (Wildman–Crippen MR) is 73.3 cm³/mol. The van der Waals surface area contributed by atoms with Crippen molar-refractivity contribution < 1.29 is 4.74 Å². The van der Waals surface area contributed by atoms with Crippen LogP contribution in [0.25, 0.3) is 22.4 Å². The molecule has 0 radical (unpaired) electrons. The smallest absolute Gasteiger partial charge is 0.270 e. The van der Waals surface area contributed by atoms with Crippen LogP contribution in [0.4, 0.5) is 0 Å². The molecular formula is C14H13N3O2. The quantitative estimate of drug-likeness (QED) is 0.654. The molecule has 1 aromatic carbocycles. The first-order valence-corrected chi connectivity index (χ1v) is 5.96. The zero-order valence-electron chi connectivity index (χ0n) is 11.0. The summed E-state index contributed by atoms with van der Waals surface area (Å²) in [6, 6.07) is 7.48. The molecule has 0 unspecified atom stereocenters. The summed E-state index contributed by atoms with van der Waals surface area (Å²) in [7, 11) is 1.51. The van der Waals surface area contributed by atoms with E-state index >= 15 is 0 Å². The van der Waals surface area contributed by atoms with Gasteiger partial charge in [-0.2, -0.15) is 4.98 Å². The fourth-order valence-corrected chi connectivity index (χ4v) is 2.21. The standard InChI is InChI=1S/C14H13N3O2/c1-8(2)11-12(19-3)16-14-15-9-6-4-5-7-10(9)17(14)13(11)18/h4-7H,1-3H3. The Kier molecular flexibility index (Phi) is 2.48. The first-order valence-electron chi connectivity index (χ1n) is 5.96. The highest BCUT2D eigenvalue weighted by Crippen LogP contribution is 2.13. The van der Waals surface area contributed by atoms with Crippen molar-refractivity contribution in [3.8, 4) is 5.88 Å². The highest BCUT2D eigenvalue weighted by Gasteiger charge is 2.13. The predicted octanol–water partition coefficient (Wildman–Crippen LogP) is 1.16. The lowest BCUT2D eigenvalue weighted by molar-refractivity contribution is 0.393. The first kappa shape index (κ1) is 11.6. The number of para-hydroxylation sites is 2. The van der Waals surface area contributed by atoms with E-state index in [0.29, 0.717) is 16.9 Å². The van der Waals surface area contributed by atoms with E-state index in [1.807, 2.05) is 38.1 Å². The molecule has 2 aromatic heterocycles. The van der Waals surface area contributed by atoms with Gasteiger partial charge in [0.2, 0.25) is 11.7 Å². The van der Waals surface area contributed by atoms with E-state index in [2.05, 4.69) is 9.97 Å². The molecule has 0 fully saturated rings. The molecular weight excluding hydrogens is 242 g/mol. The van der Waals surface area contributed by atoms with Crippen LogP contribution in [0, 0.1) is 0 Å². The van der Waals surface area contributed by atoms with Crippen molar-refractivity contribution in [3.05, 3.63) is 39.8 Å². The number of imidazole rings is 1. The van der Waals surface area contributed by atoms with Crippen LogP contribution in [0.2, 0.25) is 0 Å². The molecule has 2 heterocycles. The Morgan fingerprint density at radius 1 is 1.21 bits per heavy atom. The molecule has 0 amide bonds. The minimum Gasteiger partial charge on any atom is -0.480 e. The Labute approximate surface area is 109 Å². The maximum atomic E-state index is 12.6. The number of aromatic nitrogens is 3. The van der Waals surface area contributed by atoms with E-state index in [4.69, 9.17) is 4.74 Å². The molecule has 0 spiro atoms. The molecule has 0 N–H and O–H groups in total. The lowest BCUT2D eigenvalue weighted by Crippen LogP contribution is -2.34. The number of hydrogen-bond acceptors (Lipinski definition) is 4. The molecule has 0 bridgehead atoms. The van der Waals surface area contributed by atoms with Crippen LogP contribution in [-0.4, -0.2) is 21.5 Å². The number of nitrogens with zero attached hydrogens (tertiary/aromatic N) is 3. The second-order valence-electron chi connectivity index (χ2n) is 4.54. The van der Waals surface area contributed by atoms with Gasteiger partial charge in [0.15, 0.2) is 0 Å². The molecule has 5 nitrogen and oxygen atoms in total. The second-order valence-corrected chi connectivity index (χ2v) is 4.54. The maximum absolute atomic E-state index is 12.6. The lowest BCUT2D eigenvalue weighted by atomic mass is 10.2. The minimum absolute atomic E-state index is 0.143. The van der Waals surface area contributed by atoms with Gasteiger partial charge < -0.3 is 4.74 Å². The summed E-state index contributed by atoms with van der Waals surface area (Å²) in [6.07, 6.45) is 0. The van der Waals surface area contributed by atoms with Crippen molar-refractivity contribution in [3.63, 3.8) is 0 Å². The Hall–Kier alpha value is -2.43. The van der Waals surface area contributed by atoms with E-state index < -0.39 is 0 Å². The van der Waals surface area contributed by atoms with Crippen LogP contribution in [0.15, 0.2) is 29.1 Å². The van der Waals surface area contributed by atoms with Crippen LogP contribution < -0.4 is 15.5 Å². The van der Waals surface area contributed by atoms with Gasteiger partial charge in [-0.25, -0.2) is 9.38 Å². The van der Waals surface area contributed by atoms with Gasteiger partial charge in [0.25, 0.3) is 5.56 Å². The number of methoxy groups -OCH3 is 1. The lowest BCUT2D eigenvalue weighted by Gasteiger charge is -2.02. The molecule has 19 heavy (non-hydrogen) atoms. The van der Waals surface area contributed by atoms with E-state index in [1.165, 1.54) is 11.5 Å². The highest BCUT2D eigenvalue weighted by molar-refractivity contribution is 5.79. The van der Waals surface area contributed by atoms with Crippen molar-refractivity contribution in [1.82, 2.24) is 14.4 Å². The molecule has 3 aromatic rings. The third kappa shape index (κ3) is 1.58. The molecule has 0 saturated carbocycles. The minimum atomic E-state index is -0.143. The molecule has 0 atom stereocenters.